The molecule has 3 rings (SSSR count). The Kier molecular flexibility index (Phi) is 4.60. The normalized spacial score (nSPS) is 16.5. The van der Waals surface area contributed by atoms with Crippen LogP contribution in [0.1, 0.15) is 23.9 Å². The van der Waals surface area contributed by atoms with Crippen LogP contribution in [0.4, 0.5) is 6.01 Å². The van der Waals surface area contributed by atoms with Crippen molar-refractivity contribution in [3.63, 3.8) is 0 Å². The third kappa shape index (κ3) is 3.16. The molecule has 2 aromatic rings. The Morgan fingerprint density at radius 2 is 1.83 bits per heavy atom. The maximum atomic E-state index is 12.9. The highest BCUT2D eigenvalue weighted by molar-refractivity contribution is 7.89. The lowest BCUT2D eigenvalue weighted by Gasteiger charge is -2.33. The zero-order valence-electron chi connectivity index (χ0n) is 14.2. The second-order valence-corrected chi connectivity index (χ2v) is 7.90. The van der Waals surface area contributed by atoms with Crippen molar-refractivity contribution in [1.82, 2.24) is 14.5 Å². The summed E-state index contributed by atoms with van der Waals surface area (Å²) in [7, 11) is -3.47. The monoisotopic (exact) mass is 350 g/mol. The van der Waals surface area contributed by atoms with Gasteiger partial charge in [-0.2, -0.15) is 4.31 Å². The Morgan fingerprint density at radius 1 is 1.12 bits per heavy atom. The highest BCUT2D eigenvalue weighted by atomic mass is 32.2. The van der Waals surface area contributed by atoms with Gasteiger partial charge in [0.1, 0.15) is 0 Å². The number of piperazine rings is 1. The summed E-state index contributed by atoms with van der Waals surface area (Å²) >= 11 is 0. The van der Waals surface area contributed by atoms with E-state index < -0.39 is 10.0 Å². The van der Waals surface area contributed by atoms with Crippen LogP contribution in [-0.4, -0.2) is 49.1 Å². The number of aryl methyl sites for hydroxylation is 3. The van der Waals surface area contributed by atoms with Crippen LogP contribution in [0.3, 0.4) is 0 Å². The van der Waals surface area contributed by atoms with Crippen molar-refractivity contribution in [3.8, 4) is 0 Å². The minimum absolute atomic E-state index is 0.382. The van der Waals surface area contributed by atoms with Crippen LogP contribution in [0.2, 0.25) is 0 Å². The van der Waals surface area contributed by atoms with E-state index in [1.807, 2.05) is 37.8 Å². The van der Waals surface area contributed by atoms with Gasteiger partial charge in [-0.3, -0.25) is 0 Å². The minimum Gasteiger partial charge on any atom is -0.408 e. The number of aromatic nitrogens is 2. The van der Waals surface area contributed by atoms with Crippen LogP contribution in [0.15, 0.2) is 27.5 Å². The van der Waals surface area contributed by atoms with Crippen molar-refractivity contribution >= 4 is 16.0 Å². The summed E-state index contributed by atoms with van der Waals surface area (Å²) in [5, 5.41) is 7.98. The predicted octanol–water partition coefficient (Wildman–Crippen LogP) is 1.76. The molecule has 1 saturated heterocycles. The van der Waals surface area contributed by atoms with Gasteiger partial charge in [0.25, 0.3) is 0 Å². The van der Waals surface area contributed by atoms with Crippen LogP contribution in [0.25, 0.3) is 0 Å². The molecule has 130 valence electrons. The van der Waals surface area contributed by atoms with E-state index in [2.05, 4.69) is 10.2 Å². The van der Waals surface area contributed by atoms with E-state index in [4.69, 9.17) is 4.42 Å². The summed E-state index contributed by atoms with van der Waals surface area (Å²) < 4.78 is 32.8. The summed E-state index contributed by atoms with van der Waals surface area (Å²) in [5.41, 5.74) is 1.83. The Hall–Kier alpha value is -1.93. The molecule has 0 aliphatic carbocycles. The average Bonchev–Trinajstić information content (AvgIpc) is 3.03. The van der Waals surface area contributed by atoms with Crippen LogP contribution < -0.4 is 4.90 Å². The van der Waals surface area contributed by atoms with E-state index in [1.165, 1.54) is 4.31 Å². The van der Waals surface area contributed by atoms with E-state index in [-0.39, 0.29) is 0 Å². The molecule has 0 saturated carbocycles. The van der Waals surface area contributed by atoms with Gasteiger partial charge in [-0.25, -0.2) is 8.42 Å². The number of nitrogens with zero attached hydrogens (tertiary/aromatic N) is 4. The number of rotatable bonds is 4. The van der Waals surface area contributed by atoms with Crippen molar-refractivity contribution in [2.45, 2.75) is 32.1 Å². The van der Waals surface area contributed by atoms with Gasteiger partial charge in [-0.15, -0.1) is 5.10 Å². The minimum atomic E-state index is -3.47. The van der Waals surface area contributed by atoms with Crippen molar-refractivity contribution in [2.24, 2.45) is 0 Å². The van der Waals surface area contributed by atoms with Crippen molar-refractivity contribution in [3.05, 3.63) is 35.2 Å². The molecule has 2 heterocycles. The first-order valence-electron chi connectivity index (χ1n) is 8.06. The summed E-state index contributed by atoms with van der Waals surface area (Å²) in [6.45, 7) is 7.62. The molecule has 1 aromatic heterocycles. The first-order valence-corrected chi connectivity index (χ1v) is 9.50. The van der Waals surface area contributed by atoms with Crippen molar-refractivity contribution < 1.29 is 12.8 Å². The van der Waals surface area contributed by atoms with E-state index in [0.29, 0.717) is 49.4 Å². The Morgan fingerprint density at radius 3 is 2.42 bits per heavy atom. The number of benzene rings is 1. The van der Waals surface area contributed by atoms with Gasteiger partial charge < -0.3 is 9.32 Å². The fraction of sp³-hybridized carbons (Fsp3) is 0.500. The quantitative estimate of drug-likeness (QED) is 0.836. The molecule has 1 fully saturated rings. The second-order valence-electron chi connectivity index (χ2n) is 5.99. The number of sulfonamides is 1. The molecule has 0 spiro atoms. The largest absolute Gasteiger partial charge is 0.408 e. The Balaban J connectivity index is 1.73. The van der Waals surface area contributed by atoms with Crippen molar-refractivity contribution in [2.75, 3.05) is 31.1 Å². The maximum Gasteiger partial charge on any atom is 0.318 e. The Bertz CT molecular complexity index is 824. The molecular weight excluding hydrogens is 328 g/mol. The predicted molar refractivity (Wildman–Crippen MR) is 90.6 cm³/mol. The van der Waals surface area contributed by atoms with Crippen LogP contribution in [0, 0.1) is 13.8 Å². The van der Waals surface area contributed by atoms with E-state index >= 15 is 0 Å². The molecule has 0 radical (unpaired) electrons. The second kappa shape index (κ2) is 6.52. The third-order valence-electron chi connectivity index (χ3n) is 4.22. The van der Waals surface area contributed by atoms with Gasteiger partial charge in [0.15, 0.2) is 0 Å². The smallest absolute Gasteiger partial charge is 0.318 e. The first kappa shape index (κ1) is 16.9. The summed E-state index contributed by atoms with van der Waals surface area (Å²) in [4.78, 5) is 2.31. The van der Waals surface area contributed by atoms with Gasteiger partial charge in [0.2, 0.25) is 15.9 Å². The molecule has 0 N–H and O–H groups in total. The molecule has 0 amide bonds. The van der Waals surface area contributed by atoms with Gasteiger partial charge in [0, 0.05) is 32.6 Å². The van der Waals surface area contributed by atoms with E-state index in [9.17, 15) is 8.42 Å². The average molecular weight is 350 g/mol. The third-order valence-corrected chi connectivity index (χ3v) is 6.27. The maximum absolute atomic E-state index is 12.9. The lowest BCUT2D eigenvalue weighted by molar-refractivity contribution is 0.369. The number of hydrogen-bond acceptors (Lipinski definition) is 6. The van der Waals surface area contributed by atoms with Gasteiger partial charge in [0.05, 0.1) is 4.90 Å². The topological polar surface area (TPSA) is 79.5 Å². The molecule has 1 aliphatic heterocycles. The van der Waals surface area contributed by atoms with Gasteiger partial charge in [-0.05, 0) is 25.5 Å². The highest BCUT2D eigenvalue weighted by Gasteiger charge is 2.30. The molecule has 0 bridgehead atoms. The zero-order valence-corrected chi connectivity index (χ0v) is 15.0. The lowest BCUT2D eigenvalue weighted by Crippen LogP contribution is -2.48. The molecular formula is C16H22N4O3S. The van der Waals surface area contributed by atoms with Crippen LogP contribution in [0.5, 0.6) is 0 Å². The molecule has 1 aromatic carbocycles. The molecule has 0 unspecified atom stereocenters. The molecule has 0 atom stereocenters. The standard InChI is InChI=1S/C16H22N4O3S/c1-4-15-17-18-16(23-15)19-7-9-20(10-8-19)24(21,22)14-6-5-12(2)11-13(14)3/h5-6,11H,4,7-10H2,1-3H3. The fourth-order valence-electron chi connectivity index (χ4n) is 2.86. The summed E-state index contributed by atoms with van der Waals surface area (Å²) in [6.07, 6.45) is 0.689. The summed E-state index contributed by atoms with van der Waals surface area (Å²) in [6, 6.07) is 5.89. The van der Waals surface area contributed by atoms with Crippen LogP contribution >= 0.6 is 0 Å². The highest BCUT2D eigenvalue weighted by Crippen LogP contribution is 2.23. The van der Waals surface area contributed by atoms with E-state index in [1.54, 1.807) is 6.07 Å². The SMILES string of the molecule is CCc1nnc(N2CCN(S(=O)(=O)c3ccc(C)cc3C)CC2)o1. The number of anilines is 1. The lowest BCUT2D eigenvalue weighted by atomic mass is 10.2. The van der Waals surface area contributed by atoms with Gasteiger partial charge in [-0.1, -0.05) is 29.7 Å². The first-order chi connectivity index (χ1) is 11.4. The van der Waals surface area contributed by atoms with Gasteiger partial charge >= 0.3 is 6.01 Å². The molecule has 24 heavy (non-hydrogen) atoms. The molecule has 1 aliphatic rings. The molecule has 7 nitrogen and oxygen atoms in total. The van der Waals surface area contributed by atoms with Crippen LogP contribution in [-0.2, 0) is 16.4 Å². The van der Waals surface area contributed by atoms with Crippen molar-refractivity contribution in [1.29, 1.82) is 0 Å². The number of hydrogen-bond donors (Lipinski definition) is 0. The fourth-order valence-corrected chi connectivity index (χ4v) is 4.49. The Labute approximate surface area is 142 Å². The summed E-state index contributed by atoms with van der Waals surface area (Å²) in [5.74, 6) is 0.593. The zero-order chi connectivity index (χ0) is 17.3. The van der Waals surface area contributed by atoms with E-state index in [0.717, 1.165) is 11.1 Å². The molecule has 8 heteroatoms.